The van der Waals surface area contributed by atoms with Gasteiger partial charge < -0.3 is 9.80 Å². The molecule has 0 aromatic heterocycles. The molecule has 2 heterocycles. The molecule has 2 aliphatic rings. The van der Waals surface area contributed by atoms with E-state index < -0.39 is 10.0 Å². The molecular weight excluding hydrogens is 405 g/mol. The molecule has 2 aromatic carbocycles. The van der Waals surface area contributed by atoms with Crippen LogP contribution in [0.25, 0.3) is 0 Å². The smallest absolute Gasteiger partial charge is 0.320 e. The minimum Gasteiger partial charge on any atom is -0.320 e. The van der Waals surface area contributed by atoms with Crippen LogP contribution in [0.4, 0.5) is 9.18 Å². The van der Waals surface area contributed by atoms with Gasteiger partial charge in [-0.25, -0.2) is 17.6 Å². The van der Waals surface area contributed by atoms with Gasteiger partial charge in [-0.15, -0.1) is 0 Å². The summed E-state index contributed by atoms with van der Waals surface area (Å²) in [4.78, 5) is 16.8. The topological polar surface area (TPSA) is 60.9 Å². The van der Waals surface area contributed by atoms with Crippen LogP contribution in [0.3, 0.4) is 0 Å². The monoisotopic (exact) mass is 431 g/mol. The van der Waals surface area contributed by atoms with Crippen molar-refractivity contribution in [3.63, 3.8) is 0 Å². The Morgan fingerprint density at radius 2 is 1.63 bits per heavy atom. The second kappa shape index (κ2) is 8.35. The van der Waals surface area contributed by atoms with Crippen molar-refractivity contribution in [3.8, 4) is 0 Å². The Hall–Kier alpha value is -2.45. The average Bonchev–Trinajstić information content (AvgIpc) is 3.10. The number of hydrogen-bond acceptors (Lipinski definition) is 3. The van der Waals surface area contributed by atoms with Crippen LogP contribution in [0.2, 0.25) is 0 Å². The molecule has 2 saturated heterocycles. The Kier molecular flexibility index (Phi) is 5.79. The van der Waals surface area contributed by atoms with Crippen LogP contribution in [0, 0.1) is 12.7 Å². The van der Waals surface area contributed by atoms with E-state index in [9.17, 15) is 17.6 Å². The highest BCUT2D eigenvalue weighted by Crippen LogP contribution is 2.27. The maximum atomic E-state index is 13.1. The summed E-state index contributed by atoms with van der Waals surface area (Å²) in [7, 11) is -3.52. The molecule has 2 fully saturated rings. The molecule has 160 valence electrons. The second-order valence-electron chi connectivity index (χ2n) is 7.92. The van der Waals surface area contributed by atoms with Gasteiger partial charge in [-0.2, -0.15) is 4.31 Å². The van der Waals surface area contributed by atoms with Crippen LogP contribution in [-0.2, 0) is 16.6 Å². The highest BCUT2D eigenvalue weighted by molar-refractivity contribution is 7.89. The third-order valence-corrected chi connectivity index (χ3v) is 8.05. The van der Waals surface area contributed by atoms with E-state index in [2.05, 4.69) is 0 Å². The fraction of sp³-hybridized carbons (Fsp3) is 0.409. The first kappa shape index (κ1) is 20.8. The molecule has 0 radical (unpaired) electrons. The summed E-state index contributed by atoms with van der Waals surface area (Å²) in [5.74, 6) is -0.291. The molecule has 6 nitrogen and oxygen atoms in total. The van der Waals surface area contributed by atoms with Gasteiger partial charge in [-0.05, 0) is 49.1 Å². The van der Waals surface area contributed by atoms with Crippen molar-refractivity contribution in [2.45, 2.75) is 37.2 Å². The number of carbonyl (C=O) groups is 1. The number of sulfonamides is 1. The maximum Gasteiger partial charge on any atom is 0.320 e. The predicted octanol–water partition coefficient (Wildman–Crippen LogP) is 3.23. The first-order valence-electron chi connectivity index (χ1n) is 10.2. The van der Waals surface area contributed by atoms with Crippen molar-refractivity contribution in [3.05, 3.63) is 65.5 Å². The van der Waals surface area contributed by atoms with Crippen LogP contribution in [0.5, 0.6) is 0 Å². The minimum atomic E-state index is -3.52. The summed E-state index contributed by atoms with van der Waals surface area (Å²) in [5, 5.41) is 0. The Morgan fingerprint density at radius 1 is 0.967 bits per heavy atom. The zero-order valence-corrected chi connectivity index (χ0v) is 17.8. The Balaban J connectivity index is 1.37. The van der Waals surface area contributed by atoms with E-state index in [1.807, 2.05) is 11.0 Å². The number of urea groups is 1. The van der Waals surface area contributed by atoms with Crippen molar-refractivity contribution in [2.75, 3.05) is 26.2 Å². The lowest BCUT2D eigenvalue weighted by Gasteiger charge is -2.36. The SMILES string of the molecule is Cc1ccccc1S(=O)(=O)N1CCC(N2CCN(Cc3ccc(F)cc3)C2=O)CC1. The normalized spacial score (nSPS) is 18.9. The molecular formula is C22H26FN3O3S. The van der Waals surface area contributed by atoms with Crippen molar-refractivity contribution in [2.24, 2.45) is 0 Å². The molecule has 2 aliphatic heterocycles. The number of amides is 2. The number of aryl methyl sites for hydroxylation is 1. The van der Waals surface area contributed by atoms with Gasteiger partial charge in [0.05, 0.1) is 4.90 Å². The Bertz CT molecular complexity index is 1020. The fourth-order valence-corrected chi connectivity index (χ4v) is 5.97. The summed E-state index contributed by atoms with van der Waals surface area (Å²) in [6, 6.07) is 13.2. The highest BCUT2D eigenvalue weighted by Gasteiger charge is 2.37. The van der Waals surface area contributed by atoms with E-state index in [1.54, 1.807) is 42.2 Å². The van der Waals surface area contributed by atoms with Gasteiger partial charge in [-0.1, -0.05) is 30.3 Å². The van der Waals surface area contributed by atoms with Crippen LogP contribution in [0.1, 0.15) is 24.0 Å². The molecule has 0 saturated carbocycles. The van der Waals surface area contributed by atoms with Gasteiger partial charge in [0.1, 0.15) is 5.82 Å². The van der Waals surface area contributed by atoms with E-state index in [1.165, 1.54) is 16.4 Å². The van der Waals surface area contributed by atoms with E-state index in [0.717, 1.165) is 11.1 Å². The van der Waals surface area contributed by atoms with Gasteiger partial charge in [0.25, 0.3) is 0 Å². The third kappa shape index (κ3) is 4.06. The number of benzene rings is 2. The number of hydrogen-bond donors (Lipinski definition) is 0. The summed E-state index contributed by atoms with van der Waals surface area (Å²) in [5.41, 5.74) is 1.64. The molecule has 30 heavy (non-hydrogen) atoms. The first-order chi connectivity index (χ1) is 14.4. The minimum absolute atomic E-state index is 0.0282. The van der Waals surface area contributed by atoms with Gasteiger partial charge in [-0.3, -0.25) is 0 Å². The van der Waals surface area contributed by atoms with Crippen molar-refractivity contribution in [1.82, 2.24) is 14.1 Å². The van der Waals surface area contributed by atoms with Gasteiger partial charge in [0.2, 0.25) is 10.0 Å². The van der Waals surface area contributed by atoms with E-state index in [-0.39, 0.29) is 17.9 Å². The molecule has 0 spiro atoms. The van der Waals surface area contributed by atoms with Crippen molar-refractivity contribution < 1.29 is 17.6 Å². The lowest BCUT2D eigenvalue weighted by molar-refractivity contribution is 0.153. The molecule has 0 unspecified atom stereocenters. The Morgan fingerprint density at radius 3 is 2.30 bits per heavy atom. The Labute approximate surface area is 176 Å². The highest BCUT2D eigenvalue weighted by atomic mass is 32.2. The number of nitrogens with zero attached hydrogens (tertiary/aromatic N) is 3. The van der Waals surface area contributed by atoms with Gasteiger partial charge >= 0.3 is 6.03 Å². The summed E-state index contributed by atoms with van der Waals surface area (Å²) >= 11 is 0. The van der Waals surface area contributed by atoms with E-state index in [4.69, 9.17) is 0 Å². The molecule has 8 heteroatoms. The summed E-state index contributed by atoms with van der Waals surface area (Å²) in [6.45, 7) is 4.33. The molecule has 4 rings (SSSR count). The third-order valence-electron chi connectivity index (χ3n) is 5.99. The lowest BCUT2D eigenvalue weighted by atomic mass is 10.1. The molecule has 2 amide bonds. The largest absolute Gasteiger partial charge is 0.320 e. The summed E-state index contributed by atoms with van der Waals surface area (Å²) in [6.07, 6.45) is 1.25. The molecule has 0 aliphatic carbocycles. The van der Waals surface area contributed by atoms with Crippen molar-refractivity contribution >= 4 is 16.1 Å². The maximum absolute atomic E-state index is 13.1. The molecule has 0 bridgehead atoms. The molecule has 2 aromatic rings. The predicted molar refractivity (Wildman–Crippen MR) is 112 cm³/mol. The quantitative estimate of drug-likeness (QED) is 0.730. The second-order valence-corrected chi connectivity index (χ2v) is 9.83. The van der Waals surface area contributed by atoms with E-state index in [0.29, 0.717) is 50.5 Å². The number of carbonyl (C=O) groups excluding carboxylic acids is 1. The summed E-state index contributed by atoms with van der Waals surface area (Å²) < 4.78 is 40.6. The number of halogens is 1. The van der Waals surface area contributed by atoms with Crippen LogP contribution in [-0.4, -0.2) is 60.8 Å². The average molecular weight is 432 g/mol. The van der Waals surface area contributed by atoms with E-state index >= 15 is 0 Å². The van der Waals surface area contributed by atoms with Crippen LogP contribution < -0.4 is 0 Å². The van der Waals surface area contributed by atoms with Crippen molar-refractivity contribution in [1.29, 1.82) is 0 Å². The zero-order chi connectivity index (χ0) is 21.3. The van der Waals surface area contributed by atoms with Gasteiger partial charge in [0, 0.05) is 38.8 Å². The first-order valence-corrected chi connectivity index (χ1v) is 11.7. The van der Waals surface area contributed by atoms with Crippen LogP contribution in [0.15, 0.2) is 53.4 Å². The number of rotatable bonds is 5. The zero-order valence-electron chi connectivity index (χ0n) is 17.0. The molecule has 0 N–H and O–H groups in total. The van der Waals surface area contributed by atoms with Crippen LogP contribution >= 0.6 is 0 Å². The molecule has 0 atom stereocenters. The fourth-order valence-electron chi connectivity index (χ4n) is 4.28. The lowest BCUT2D eigenvalue weighted by Crippen LogP contribution is -2.48. The number of piperidine rings is 1. The standard InChI is InChI=1S/C22H26FN3O3S/c1-17-4-2-3-5-21(17)30(28,29)25-12-10-20(11-13-25)26-15-14-24(22(26)27)16-18-6-8-19(23)9-7-18/h2-9,20H,10-16H2,1H3. The van der Waals surface area contributed by atoms with Gasteiger partial charge in [0.15, 0.2) is 0 Å².